The Labute approximate surface area is 90.0 Å². The molecule has 0 heterocycles. The van der Waals surface area contributed by atoms with Gasteiger partial charge in [-0.05, 0) is 26.7 Å². The van der Waals surface area contributed by atoms with Crippen LogP contribution in [0.25, 0.3) is 0 Å². The summed E-state index contributed by atoms with van der Waals surface area (Å²) in [4.78, 5) is 24.7. The van der Waals surface area contributed by atoms with Crippen LogP contribution in [0, 0.1) is 0 Å². The first-order valence-corrected chi connectivity index (χ1v) is 5.25. The minimum atomic E-state index is -0.709. The van der Waals surface area contributed by atoms with Crippen LogP contribution in [-0.2, 0) is 9.59 Å². The van der Waals surface area contributed by atoms with Crippen LogP contribution in [0.5, 0.6) is 0 Å². The minimum absolute atomic E-state index is 0.0879. The van der Waals surface area contributed by atoms with Crippen molar-refractivity contribution in [3.05, 3.63) is 0 Å². The molecular formula is C10H19N3O2. The molecule has 0 saturated heterocycles. The normalized spacial score (nSPS) is 19.2. The lowest BCUT2D eigenvalue weighted by atomic mass is 10.2. The van der Waals surface area contributed by atoms with E-state index in [0.717, 1.165) is 0 Å². The van der Waals surface area contributed by atoms with Crippen LogP contribution in [0.15, 0.2) is 0 Å². The fraction of sp³-hybridized carbons (Fsp3) is 0.800. The summed E-state index contributed by atoms with van der Waals surface area (Å²) >= 11 is 0. The van der Waals surface area contributed by atoms with Gasteiger partial charge in [0.05, 0.1) is 5.54 Å². The van der Waals surface area contributed by atoms with E-state index in [9.17, 15) is 9.59 Å². The van der Waals surface area contributed by atoms with Crippen molar-refractivity contribution in [2.75, 3.05) is 13.6 Å². The van der Waals surface area contributed by atoms with Crippen LogP contribution in [0.3, 0.4) is 0 Å². The molecule has 2 amide bonds. The predicted molar refractivity (Wildman–Crippen MR) is 57.1 cm³/mol. The lowest BCUT2D eigenvalue weighted by molar-refractivity contribution is -0.135. The Morgan fingerprint density at radius 1 is 1.53 bits per heavy atom. The van der Waals surface area contributed by atoms with Crippen LogP contribution in [0.4, 0.5) is 0 Å². The molecule has 1 aliphatic carbocycles. The topological polar surface area (TPSA) is 75.4 Å². The summed E-state index contributed by atoms with van der Waals surface area (Å²) in [5, 5.41) is 2.64. The van der Waals surface area contributed by atoms with Gasteiger partial charge in [0.1, 0.15) is 6.04 Å². The van der Waals surface area contributed by atoms with E-state index in [4.69, 9.17) is 5.73 Å². The molecule has 0 radical (unpaired) electrons. The van der Waals surface area contributed by atoms with Crippen molar-refractivity contribution >= 4 is 11.8 Å². The van der Waals surface area contributed by atoms with Gasteiger partial charge in [-0.3, -0.25) is 9.59 Å². The van der Waals surface area contributed by atoms with Gasteiger partial charge in [-0.1, -0.05) is 0 Å². The van der Waals surface area contributed by atoms with E-state index in [-0.39, 0.29) is 11.8 Å². The monoisotopic (exact) mass is 213 g/mol. The van der Waals surface area contributed by atoms with Gasteiger partial charge in [0, 0.05) is 13.6 Å². The van der Waals surface area contributed by atoms with E-state index >= 15 is 0 Å². The Morgan fingerprint density at radius 3 is 2.47 bits per heavy atom. The Kier molecular flexibility index (Phi) is 3.34. The van der Waals surface area contributed by atoms with E-state index in [1.165, 1.54) is 0 Å². The van der Waals surface area contributed by atoms with Crippen LogP contribution in [0.1, 0.15) is 26.7 Å². The number of nitrogens with two attached hydrogens (primary N) is 1. The van der Waals surface area contributed by atoms with Crippen molar-refractivity contribution in [2.45, 2.75) is 38.3 Å². The number of carbonyl (C=O) groups excluding carboxylic acids is 2. The van der Waals surface area contributed by atoms with Gasteiger partial charge < -0.3 is 16.0 Å². The van der Waals surface area contributed by atoms with Crippen molar-refractivity contribution in [3.8, 4) is 0 Å². The number of likely N-dealkylation sites (N-methyl/N-ethyl adjacent to an activating group) is 1. The second-order valence-electron chi connectivity index (χ2n) is 4.20. The highest BCUT2D eigenvalue weighted by Crippen LogP contribution is 2.32. The molecule has 0 spiro atoms. The van der Waals surface area contributed by atoms with Gasteiger partial charge in [-0.2, -0.15) is 0 Å². The van der Waals surface area contributed by atoms with E-state index in [1.807, 2.05) is 6.92 Å². The summed E-state index contributed by atoms with van der Waals surface area (Å²) in [5.41, 5.74) is 5.00. The maximum atomic E-state index is 11.6. The fourth-order valence-corrected chi connectivity index (χ4v) is 1.25. The second kappa shape index (κ2) is 4.18. The van der Waals surface area contributed by atoms with Crippen molar-refractivity contribution < 1.29 is 9.59 Å². The molecular weight excluding hydrogens is 194 g/mol. The zero-order chi connectivity index (χ0) is 11.6. The molecule has 0 aliphatic heterocycles. The molecule has 3 N–H and O–H groups in total. The van der Waals surface area contributed by atoms with Crippen LogP contribution < -0.4 is 11.1 Å². The van der Waals surface area contributed by atoms with Crippen LogP contribution in [0.2, 0.25) is 0 Å². The van der Waals surface area contributed by atoms with E-state index < -0.39 is 11.6 Å². The third-order valence-corrected chi connectivity index (χ3v) is 2.81. The second-order valence-corrected chi connectivity index (χ2v) is 4.20. The number of nitrogens with one attached hydrogen (secondary N) is 1. The molecule has 1 fully saturated rings. The number of amides is 2. The first-order chi connectivity index (χ1) is 6.90. The SMILES string of the molecule is CCN(C)C(=O)C(C)NC(=O)C1(N)CC1. The smallest absolute Gasteiger partial charge is 0.244 e. The summed E-state index contributed by atoms with van der Waals surface area (Å²) in [5.74, 6) is -0.303. The maximum absolute atomic E-state index is 11.6. The Hall–Kier alpha value is -1.10. The fourth-order valence-electron chi connectivity index (χ4n) is 1.25. The molecule has 0 aromatic carbocycles. The zero-order valence-electron chi connectivity index (χ0n) is 9.54. The Balaban J connectivity index is 2.44. The van der Waals surface area contributed by atoms with Gasteiger partial charge in [0.15, 0.2) is 0 Å². The average molecular weight is 213 g/mol. The first-order valence-electron chi connectivity index (χ1n) is 5.25. The number of rotatable bonds is 4. The van der Waals surface area contributed by atoms with E-state index in [1.54, 1.807) is 18.9 Å². The number of carbonyl (C=O) groups is 2. The number of hydrogen-bond donors (Lipinski definition) is 2. The molecule has 1 atom stereocenters. The summed E-state index contributed by atoms with van der Waals surface area (Å²) in [6.07, 6.45) is 1.42. The lowest BCUT2D eigenvalue weighted by Crippen LogP contribution is -2.51. The third kappa shape index (κ3) is 2.68. The van der Waals surface area contributed by atoms with Gasteiger partial charge in [-0.15, -0.1) is 0 Å². The predicted octanol–water partition coefficient (Wildman–Crippen LogP) is -0.539. The van der Waals surface area contributed by atoms with Crippen molar-refractivity contribution in [2.24, 2.45) is 5.73 Å². The lowest BCUT2D eigenvalue weighted by Gasteiger charge is -2.21. The van der Waals surface area contributed by atoms with Crippen LogP contribution >= 0.6 is 0 Å². The van der Waals surface area contributed by atoms with Crippen molar-refractivity contribution in [1.29, 1.82) is 0 Å². The standard InChI is InChI=1S/C10H19N3O2/c1-4-13(3)8(14)7(2)12-9(15)10(11)5-6-10/h7H,4-6,11H2,1-3H3,(H,12,15). The zero-order valence-corrected chi connectivity index (χ0v) is 9.54. The van der Waals surface area contributed by atoms with E-state index in [0.29, 0.717) is 19.4 Å². The molecule has 1 rings (SSSR count). The number of nitrogens with zero attached hydrogens (tertiary/aromatic N) is 1. The van der Waals surface area contributed by atoms with Crippen molar-refractivity contribution in [3.63, 3.8) is 0 Å². The molecule has 86 valence electrons. The minimum Gasteiger partial charge on any atom is -0.344 e. The molecule has 0 aromatic rings. The van der Waals surface area contributed by atoms with Gasteiger partial charge >= 0.3 is 0 Å². The average Bonchev–Trinajstić information content (AvgIpc) is 2.95. The molecule has 5 heteroatoms. The quantitative estimate of drug-likeness (QED) is 0.658. The molecule has 1 unspecified atom stereocenters. The molecule has 1 aliphatic rings. The molecule has 0 aromatic heterocycles. The van der Waals surface area contributed by atoms with Gasteiger partial charge in [0.25, 0.3) is 0 Å². The van der Waals surface area contributed by atoms with Gasteiger partial charge in [0.2, 0.25) is 11.8 Å². The summed E-state index contributed by atoms with van der Waals surface area (Å²) in [6, 6.07) is -0.497. The molecule has 5 nitrogen and oxygen atoms in total. The summed E-state index contributed by atoms with van der Waals surface area (Å²) in [6.45, 7) is 4.20. The van der Waals surface area contributed by atoms with Crippen molar-refractivity contribution in [1.82, 2.24) is 10.2 Å². The largest absolute Gasteiger partial charge is 0.344 e. The van der Waals surface area contributed by atoms with Gasteiger partial charge in [-0.25, -0.2) is 0 Å². The summed E-state index contributed by atoms with van der Waals surface area (Å²) < 4.78 is 0. The number of hydrogen-bond acceptors (Lipinski definition) is 3. The summed E-state index contributed by atoms with van der Waals surface area (Å²) in [7, 11) is 1.71. The maximum Gasteiger partial charge on any atom is 0.244 e. The first kappa shape index (κ1) is 12.0. The molecule has 0 bridgehead atoms. The Morgan fingerprint density at radius 2 is 2.07 bits per heavy atom. The molecule has 1 saturated carbocycles. The Bertz CT molecular complexity index is 274. The highest BCUT2D eigenvalue weighted by molar-refractivity contribution is 5.93. The highest BCUT2D eigenvalue weighted by atomic mass is 16.2. The third-order valence-electron chi connectivity index (χ3n) is 2.81. The molecule has 15 heavy (non-hydrogen) atoms. The van der Waals surface area contributed by atoms with E-state index in [2.05, 4.69) is 5.32 Å². The highest BCUT2D eigenvalue weighted by Gasteiger charge is 2.46. The van der Waals surface area contributed by atoms with Crippen LogP contribution in [-0.4, -0.2) is 41.9 Å².